The van der Waals surface area contributed by atoms with E-state index in [0.29, 0.717) is 27.1 Å². The highest BCUT2D eigenvalue weighted by molar-refractivity contribution is 6.31. The fourth-order valence-electron chi connectivity index (χ4n) is 3.03. The molecule has 1 aromatic carbocycles. The lowest BCUT2D eigenvalue weighted by Crippen LogP contribution is -2.25. The SMILES string of the molecule is O=c1[nH]c(O)c(C=c2cnn3c(=NC4CC4)nc(NCc4c(F)cccc4Cl)nc23)[nH]1. The van der Waals surface area contributed by atoms with Crippen molar-refractivity contribution in [3.63, 3.8) is 0 Å². The fourth-order valence-corrected chi connectivity index (χ4v) is 3.26. The number of hydrogen-bond acceptors (Lipinski definition) is 7. The van der Waals surface area contributed by atoms with Crippen molar-refractivity contribution in [3.05, 3.63) is 67.8 Å². The number of imidazole rings is 1. The highest BCUT2D eigenvalue weighted by Crippen LogP contribution is 2.22. The van der Waals surface area contributed by atoms with Crippen LogP contribution in [-0.4, -0.2) is 40.7 Å². The number of rotatable bonds is 5. The van der Waals surface area contributed by atoms with E-state index in [1.807, 2.05) is 0 Å². The molecule has 158 valence electrons. The van der Waals surface area contributed by atoms with Crippen LogP contribution < -0.4 is 21.8 Å². The zero-order valence-electron chi connectivity index (χ0n) is 15.9. The highest BCUT2D eigenvalue weighted by atomic mass is 35.5. The molecule has 1 aliphatic carbocycles. The second-order valence-electron chi connectivity index (χ2n) is 7.08. The van der Waals surface area contributed by atoms with Crippen LogP contribution in [0.15, 0.2) is 34.2 Å². The smallest absolute Gasteiger partial charge is 0.326 e. The first kappa shape index (κ1) is 19.2. The molecule has 3 aromatic heterocycles. The third-order valence-electron chi connectivity index (χ3n) is 4.74. The monoisotopic (exact) mass is 442 g/mol. The first-order valence-electron chi connectivity index (χ1n) is 9.47. The zero-order chi connectivity index (χ0) is 21.5. The second-order valence-corrected chi connectivity index (χ2v) is 7.49. The number of benzene rings is 1. The van der Waals surface area contributed by atoms with Crippen LogP contribution in [0.1, 0.15) is 24.1 Å². The lowest BCUT2D eigenvalue weighted by Gasteiger charge is -2.08. The van der Waals surface area contributed by atoms with E-state index >= 15 is 0 Å². The van der Waals surface area contributed by atoms with Crippen LogP contribution in [0, 0.1) is 5.82 Å². The van der Waals surface area contributed by atoms with Crippen molar-refractivity contribution in [2.45, 2.75) is 25.4 Å². The Bertz CT molecular complexity index is 1450. The molecular formula is C19H16ClFN8O2. The summed E-state index contributed by atoms with van der Waals surface area (Å²) in [6.07, 6.45) is 4.99. The van der Waals surface area contributed by atoms with Gasteiger partial charge in [-0.25, -0.2) is 14.2 Å². The average Bonchev–Trinajstić information content (AvgIpc) is 3.36. The van der Waals surface area contributed by atoms with E-state index in [9.17, 15) is 14.3 Å². The Labute approximate surface area is 178 Å². The summed E-state index contributed by atoms with van der Waals surface area (Å²) in [4.78, 5) is 29.6. The molecule has 0 bridgehead atoms. The Kier molecular flexibility index (Phi) is 4.66. The summed E-state index contributed by atoms with van der Waals surface area (Å²) >= 11 is 6.10. The maximum atomic E-state index is 14.1. The van der Waals surface area contributed by atoms with E-state index in [1.54, 1.807) is 6.07 Å². The van der Waals surface area contributed by atoms with Crippen molar-refractivity contribution < 1.29 is 9.50 Å². The molecule has 0 atom stereocenters. The van der Waals surface area contributed by atoms with Gasteiger partial charge in [-0.15, -0.1) is 0 Å². The van der Waals surface area contributed by atoms with Crippen molar-refractivity contribution in [3.8, 4) is 5.88 Å². The Morgan fingerprint density at radius 1 is 1.35 bits per heavy atom. The minimum atomic E-state index is -0.539. The van der Waals surface area contributed by atoms with Crippen LogP contribution in [0.2, 0.25) is 5.02 Å². The van der Waals surface area contributed by atoms with Gasteiger partial charge in [0, 0.05) is 22.3 Å². The largest absolute Gasteiger partial charge is 0.493 e. The Hall–Kier alpha value is -3.73. The van der Waals surface area contributed by atoms with Gasteiger partial charge in [-0.1, -0.05) is 17.7 Å². The number of H-pyrrole nitrogens is 2. The molecule has 0 saturated heterocycles. The van der Waals surface area contributed by atoms with Crippen LogP contribution >= 0.6 is 11.6 Å². The summed E-state index contributed by atoms with van der Waals surface area (Å²) < 4.78 is 15.6. The minimum absolute atomic E-state index is 0.0731. The molecule has 4 aromatic rings. The quantitative estimate of drug-likeness (QED) is 0.362. The molecule has 1 fully saturated rings. The van der Waals surface area contributed by atoms with E-state index in [1.165, 1.54) is 28.9 Å². The van der Waals surface area contributed by atoms with Crippen molar-refractivity contribution in [2.24, 2.45) is 4.99 Å². The third-order valence-corrected chi connectivity index (χ3v) is 5.10. The molecular weight excluding hydrogens is 427 g/mol. The summed E-state index contributed by atoms with van der Waals surface area (Å²) in [6.45, 7) is 0.0731. The molecule has 0 unspecified atom stereocenters. The van der Waals surface area contributed by atoms with Gasteiger partial charge in [-0.05, 0) is 31.1 Å². The number of aromatic hydroxyl groups is 1. The van der Waals surface area contributed by atoms with Gasteiger partial charge in [0.25, 0.3) is 5.62 Å². The number of halogens is 2. The topological polar surface area (TPSA) is 136 Å². The van der Waals surface area contributed by atoms with Crippen LogP contribution in [0.3, 0.4) is 0 Å². The average molecular weight is 443 g/mol. The van der Waals surface area contributed by atoms with E-state index < -0.39 is 11.5 Å². The summed E-state index contributed by atoms with van der Waals surface area (Å²) in [5, 5.41) is 17.9. The number of aromatic nitrogens is 6. The number of fused-ring (bicyclic) bond motifs is 1. The standard InChI is InChI=1S/C19H16ClFN8O2/c20-12-2-1-3-13(21)11(12)8-22-17-26-15-9(6-14-16(30)27-19(31)25-14)7-23-29(15)18(28-17)24-10-4-5-10/h1-3,6-7,10,30H,4-5,8H2,(H,22,24,28)(H2,25,27,31). The van der Waals surface area contributed by atoms with Crippen LogP contribution in [-0.2, 0) is 6.54 Å². The van der Waals surface area contributed by atoms with E-state index in [4.69, 9.17) is 11.6 Å². The van der Waals surface area contributed by atoms with Crippen molar-refractivity contribution in [1.29, 1.82) is 0 Å². The predicted octanol–water partition coefficient (Wildman–Crippen LogP) is 0.862. The molecule has 1 aliphatic rings. The molecule has 0 amide bonds. The van der Waals surface area contributed by atoms with Crippen LogP contribution in [0.5, 0.6) is 5.88 Å². The highest BCUT2D eigenvalue weighted by Gasteiger charge is 2.21. The minimum Gasteiger partial charge on any atom is -0.493 e. The Morgan fingerprint density at radius 3 is 2.90 bits per heavy atom. The lowest BCUT2D eigenvalue weighted by atomic mass is 10.2. The van der Waals surface area contributed by atoms with E-state index in [0.717, 1.165) is 12.8 Å². The lowest BCUT2D eigenvalue weighted by molar-refractivity contribution is 0.454. The first-order valence-corrected chi connectivity index (χ1v) is 9.85. The number of hydrogen-bond donors (Lipinski definition) is 4. The molecule has 10 nitrogen and oxygen atoms in total. The molecule has 3 heterocycles. The van der Waals surface area contributed by atoms with Crippen LogP contribution in [0.25, 0.3) is 11.7 Å². The molecule has 4 N–H and O–H groups in total. The van der Waals surface area contributed by atoms with Gasteiger partial charge in [0.05, 0.1) is 12.2 Å². The fraction of sp³-hybridized carbons (Fsp3) is 0.211. The summed E-state index contributed by atoms with van der Waals surface area (Å²) in [5.41, 5.74) is 0.692. The molecule has 0 radical (unpaired) electrons. The third kappa shape index (κ3) is 3.87. The number of nitrogens with one attached hydrogen (secondary N) is 3. The summed E-state index contributed by atoms with van der Waals surface area (Å²) in [5.74, 6) is -0.517. The first-order chi connectivity index (χ1) is 15.0. The van der Waals surface area contributed by atoms with E-state index in [-0.39, 0.29) is 30.1 Å². The summed E-state index contributed by atoms with van der Waals surface area (Å²) in [6, 6.07) is 4.64. The molecule has 0 spiro atoms. The Morgan fingerprint density at radius 2 is 2.19 bits per heavy atom. The van der Waals surface area contributed by atoms with Gasteiger partial charge in [0.2, 0.25) is 11.8 Å². The second kappa shape index (κ2) is 7.51. The normalized spacial score (nSPS) is 15.2. The molecule has 1 saturated carbocycles. The van der Waals surface area contributed by atoms with Crippen LogP contribution in [0.4, 0.5) is 10.3 Å². The molecule has 0 aliphatic heterocycles. The maximum absolute atomic E-state index is 14.1. The van der Waals surface area contributed by atoms with Gasteiger partial charge in [0.1, 0.15) is 11.5 Å². The summed E-state index contributed by atoms with van der Waals surface area (Å²) in [7, 11) is 0. The Balaban J connectivity index is 1.60. The van der Waals surface area contributed by atoms with Gasteiger partial charge in [0.15, 0.2) is 5.65 Å². The van der Waals surface area contributed by atoms with Crippen molar-refractivity contribution in [1.82, 2.24) is 29.5 Å². The van der Waals surface area contributed by atoms with Gasteiger partial charge in [-0.3, -0.25) is 4.98 Å². The molecule has 12 heteroatoms. The van der Waals surface area contributed by atoms with Gasteiger partial charge < -0.3 is 15.4 Å². The number of aromatic amines is 2. The number of anilines is 1. The van der Waals surface area contributed by atoms with Crippen molar-refractivity contribution >= 4 is 29.3 Å². The van der Waals surface area contributed by atoms with Gasteiger partial charge in [-0.2, -0.15) is 19.6 Å². The van der Waals surface area contributed by atoms with E-state index in [2.05, 4.69) is 35.3 Å². The molecule has 5 rings (SSSR count). The zero-order valence-corrected chi connectivity index (χ0v) is 16.7. The number of nitrogens with zero attached hydrogens (tertiary/aromatic N) is 5. The van der Waals surface area contributed by atoms with Gasteiger partial charge >= 0.3 is 5.69 Å². The maximum Gasteiger partial charge on any atom is 0.326 e. The molecule has 31 heavy (non-hydrogen) atoms. The predicted molar refractivity (Wildman–Crippen MR) is 110 cm³/mol. The van der Waals surface area contributed by atoms with Crippen molar-refractivity contribution in [2.75, 3.05) is 5.32 Å².